The van der Waals surface area contributed by atoms with E-state index in [0.29, 0.717) is 26.1 Å². The van der Waals surface area contributed by atoms with Gasteiger partial charge in [-0.1, -0.05) is 6.07 Å². The molecule has 1 amide bonds. The summed E-state index contributed by atoms with van der Waals surface area (Å²) in [5.74, 6) is 0.762. The first-order valence-electron chi connectivity index (χ1n) is 6.36. The van der Waals surface area contributed by atoms with E-state index in [4.69, 9.17) is 15.2 Å². The first-order valence-corrected chi connectivity index (χ1v) is 6.36. The second-order valence-corrected chi connectivity index (χ2v) is 4.13. The average Bonchev–Trinajstić information content (AvgIpc) is 2.45. The highest BCUT2D eigenvalue weighted by Gasteiger charge is 2.15. The van der Waals surface area contributed by atoms with Crippen molar-refractivity contribution >= 4 is 11.6 Å². The molecule has 106 valence electrons. The van der Waals surface area contributed by atoms with Gasteiger partial charge in [-0.25, -0.2) is 0 Å². The van der Waals surface area contributed by atoms with E-state index in [0.717, 1.165) is 17.9 Å². The van der Waals surface area contributed by atoms with Gasteiger partial charge in [-0.05, 0) is 25.1 Å². The molecule has 0 heterocycles. The fraction of sp³-hybridized carbons (Fsp3) is 0.500. The van der Waals surface area contributed by atoms with Gasteiger partial charge in [0.25, 0.3) is 0 Å². The van der Waals surface area contributed by atoms with Crippen LogP contribution in [0.3, 0.4) is 0 Å². The van der Waals surface area contributed by atoms with Crippen molar-refractivity contribution in [2.75, 3.05) is 38.8 Å². The minimum atomic E-state index is 0.0311. The van der Waals surface area contributed by atoms with Crippen molar-refractivity contribution in [2.45, 2.75) is 12.8 Å². The predicted octanol–water partition coefficient (Wildman–Crippen LogP) is 1.41. The Bertz CT molecular complexity index is 396. The summed E-state index contributed by atoms with van der Waals surface area (Å²) in [6.07, 6.45) is 1.12. The monoisotopic (exact) mass is 266 g/mol. The van der Waals surface area contributed by atoms with Crippen molar-refractivity contribution in [1.29, 1.82) is 0 Å². The van der Waals surface area contributed by atoms with Gasteiger partial charge in [0.15, 0.2) is 0 Å². The van der Waals surface area contributed by atoms with Crippen LogP contribution in [0, 0.1) is 0 Å². The van der Waals surface area contributed by atoms with Crippen LogP contribution in [0.1, 0.15) is 12.8 Å². The second kappa shape index (κ2) is 8.50. The molecule has 1 rings (SSSR count). The molecule has 0 saturated carbocycles. The van der Waals surface area contributed by atoms with Gasteiger partial charge < -0.3 is 20.1 Å². The Hall–Kier alpha value is -1.59. The molecule has 2 N–H and O–H groups in total. The maximum Gasteiger partial charge on any atom is 0.229 e. The van der Waals surface area contributed by atoms with E-state index in [9.17, 15) is 4.79 Å². The molecule has 19 heavy (non-hydrogen) atoms. The van der Waals surface area contributed by atoms with Crippen LogP contribution >= 0.6 is 0 Å². The topological polar surface area (TPSA) is 64.8 Å². The zero-order valence-electron chi connectivity index (χ0n) is 11.6. The van der Waals surface area contributed by atoms with Crippen LogP contribution in [0.15, 0.2) is 24.3 Å². The van der Waals surface area contributed by atoms with Gasteiger partial charge in [0, 0.05) is 25.4 Å². The first-order chi connectivity index (χ1) is 9.22. The molecule has 1 aromatic rings. The van der Waals surface area contributed by atoms with E-state index in [-0.39, 0.29) is 5.91 Å². The number of benzene rings is 1. The van der Waals surface area contributed by atoms with Crippen LogP contribution in [0.2, 0.25) is 0 Å². The predicted molar refractivity (Wildman–Crippen MR) is 75.5 cm³/mol. The first kappa shape index (κ1) is 15.5. The number of rotatable bonds is 8. The summed E-state index contributed by atoms with van der Waals surface area (Å²) in [5, 5.41) is 0. The van der Waals surface area contributed by atoms with Crippen molar-refractivity contribution in [2.24, 2.45) is 5.73 Å². The van der Waals surface area contributed by atoms with Crippen molar-refractivity contribution in [3.05, 3.63) is 24.3 Å². The number of methoxy groups -OCH3 is 2. The van der Waals surface area contributed by atoms with Crippen LogP contribution in [-0.2, 0) is 9.53 Å². The SMILES string of the molecule is COCCC(=O)N(CCCN)c1cccc(OC)c1. The molecule has 0 aromatic heterocycles. The highest BCUT2D eigenvalue weighted by Crippen LogP contribution is 2.21. The van der Waals surface area contributed by atoms with E-state index in [2.05, 4.69) is 0 Å². The lowest BCUT2D eigenvalue weighted by molar-refractivity contribution is -0.119. The zero-order chi connectivity index (χ0) is 14.1. The quantitative estimate of drug-likeness (QED) is 0.772. The summed E-state index contributed by atoms with van der Waals surface area (Å²) >= 11 is 0. The number of carbonyl (C=O) groups excluding carboxylic acids is 1. The summed E-state index contributed by atoms with van der Waals surface area (Å²) in [5.41, 5.74) is 6.35. The Kier molecular flexibility index (Phi) is 6.92. The number of hydrogen-bond donors (Lipinski definition) is 1. The number of nitrogens with two attached hydrogens (primary N) is 1. The van der Waals surface area contributed by atoms with Gasteiger partial charge in [-0.3, -0.25) is 4.79 Å². The van der Waals surface area contributed by atoms with Crippen LogP contribution in [0.25, 0.3) is 0 Å². The molecular weight excluding hydrogens is 244 g/mol. The molecule has 0 aliphatic rings. The average molecular weight is 266 g/mol. The molecule has 0 radical (unpaired) electrons. The molecule has 5 nitrogen and oxygen atoms in total. The molecule has 0 aliphatic heterocycles. The molecular formula is C14H22N2O3. The minimum Gasteiger partial charge on any atom is -0.497 e. The Morgan fingerprint density at radius 2 is 2.16 bits per heavy atom. The maximum absolute atomic E-state index is 12.2. The third-order valence-corrected chi connectivity index (χ3v) is 2.77. The summed E-state index contributed by atoms with van der Waals surface area (Å²) in [4.78, 5) is 13.9. The Balaban J connectivity index is 2.84. The number of hydrogen-bond acceptors (Lipinski definition) is 4. The van der Waals surface area contributed by atoms with Crippen molar-refractivity contribution in [3.63, 3.8) is 0 Å². The van der Waals surface area contributed by atoms with E-state index < -0.39 is 0 Å². The van der Waals surface area contributed by atoms with E-state index in [1.54, 1.807) is 19.1 Å². The summed E-state index contributed by atoms with van der Waals surface area (Å²) in [6.45, 7) is 1.58. The molecule has 0 atom stereocenters. The molecule has 0 saturated heterocycles. The number of anilines is 1. The Morgan fingerprint density at radius 3 is 2.79 bits per heavy atom. The van der Waals surface area contributed by atoms with Gasteiger partial charge in [0.05, 0.1) is 20.1 Å². The maximum atomic E-state index is 12.2. The van der Waals surface area contributed by atoms with Gasteiger partial charge in [0.2, 0.25) is 5.91 Å². The summed E-state index contributed by atoms with van der Waals surface area (Å²) in [7, 11) is 3.19. The van der Waals surface area contributed by atoms with Crippen LogP contribution in [0.4, 0.5) is 5.69 Å². The van der Waals surface area contributed by atoms with Gasteiger partial charge in [-0.15, -0.1) is 0 Å². The number of ether oxygens (including phenoxy) is 2. The highest BCUT2D eigenvalue weighted by atomic mass is 16.5. The fourth-order valence-electron chi connectivity index (χ4n) is 1.75. The van der Waals surface area contributed by atoms with E-state index >= 15 is 0 Å². The van der Waals surface area contributed by atoms with E-state index in [1.807, 2.05) is 24.3 Å². The molecule has 0 fully saturated rings. The van der Waals surface area contributed by atoms with Crippen LogP contribution in [0.5, 0.6) is 5.75 Å². The van der Waals surface area contributed by atoms with Gasteiger partial charge in [0.1, 0.15) is 5.75 Å². The third-order valence-electron chi connectivity index (χ3n) is 2.77. The Labute approximate surface area is 114 Å². The van der Waals surface area contributed by atoms with Crippen molar-refractivity contribution in [1.82, 2.24) is 0 Å². The van der Waals surface area contributed by atoms with Crippen molar-refractivity contribution < 1.29 is 14.3 Å². The van der Waals surface area contributed by atoms with Gasteiger partial charge >= 0.3 is 0 Å². The molecule has 0 aliphatic carbocycles. The lowest BCUT2D eigenvalue weighted by Gasteiger charge is -2.23. The summed E-state index contributed by atoms with van der Waals surface area (Å²) in [6, 6.07) is 7.46. The highest BCUT2D eigenvalue weighted by molar-refractivity contribution is 5.93. The third kappa shape index (κ3) is 4.89. The smallest absolute Gasteiger partial charge is 0.229 e. The molecule has 0 unspecified atom stereocenters. The minimum absolute atomic E-state index is 0.0311. The molecule has 5 heteroatoms. The fourth-order valence-corrected chi connectivity index (χ4v) is 1.75. The largest absolute Gasteiger partial charge is 0.497 e. The van der Waals surface area contributed by atoms with Crippen LogP contribution in [-0.4, -0.2) is 39.8 Å². The zero-order valence-corrected chi connectivity index (χ0v) is 11.6. The van der Waals surface area contributed by atoms with Gasteiger partial charge in [-0.2, -0.15) is 0 Å². The summed E-state index contributed by atoms with van der Waals surface area (Å²) < 4.78 is 10.1. The molecule has 0 bridgehead atoms. The normalized spacial score (nSPS) is 10.3. The molecule has 0 spiro atoms. The van der Waals surface area contributed by atoms with E-state index in [1.165, 1.54) is 0 Å². The van der Waals surface area contributed by atoms with Crippen molar-refractivity contribution in [3.8, 4) is 5.75 Å². The number of carbonyl (C=O) groups is 1. The second-order valence-electron chi connectivity index (χ2n) is 4.13. The lowest BCUT2D eigenvalue weighted by atomic mass is 10.2. The lowest BCUT2D eigenvalue weighted by Crippen LogP contribution is -2.33. The number of nitrogens with zero attached hydrogens (tertiary/aromatic N) is 1. The molecule has 1 aromatic carbocycles. The van der Waals surface area contributed by atoms with Crippen LogP contribution < -0.4 is 15.4 Å². The number of amides is 1. The standard InChI is InChI=1S/C14H22N2O3/c1-18-10-7-14(17)16(9-4-8-15)12-5-3-6-13(11-12)19-2/h3,5-6,11H,4,7-10,15H2,1-2H3. The Morgan fingerprint density at radius 1 is 1.37 bits per heavy atom.